The molecule has 13 heavy (non-hydrogen) atoms. The fourth-order valence-corrected chi connectivity index (χ4v) is 0.784. The zero-order chi connectivity index (χ0) is 10.2. The van der Waals surface area contributed by atoms with Gasteiger partial charge in [0.2, 0.25) is 0 Å². The van der Waals surface area contributed by atoms with Crippen LogP contribution in [0.1, 0.15) is 33.6 Å². The average molecular weight is 189 g/mol. The molecule has 3 nitrogen and oxygen atoms in total. The SMILES string of the molecule is CCCCOCCOC(C)(C)CN. The summed E-state index contributed by atoms with van der Waals surface area (Å²) in [5.74, 6) is 0. The van der Waals surface area contributed by atoms with Crippen LogP contribution in [-0.4, -0.2) is 32.0 Å². The summed E-state index contributed by atoms with van der Waals surface area (Å²) in [4.78, 5) is 0. The monoisotopic (exact) mass is 189 g/mol. The summed E-state index contributed by atoms with van der Waals surface area (Å²) in [5.41, 5.74) is 5.29. The zero-order valence-electron chi connectivity index (χ0n) is 9.14. The predicted molar refractivity (Wildman–Crippen MR) is 54.8 cm³/mol. The van der Waals surface area contributed by atoms with Gasteiger partial charge in [-0.1, -0.05) is 13.3 Å². The van der Waals surface area contributed by atoms with Crippen molar-refractivity contribution in [3.05, 3.63) is 0 Å². The summed E-state index contributed by atoms with van der Waals surface area (Å²) in [6, 6.07) is 0. The molecule has 0 aromatic rings. The van der Waals surface area contributed by atoms with Crippen molar-refractivity contribution in [2.45, 2.75) is 39.2 Å². The average Bonchev–Trinajstić information content (AvgIpc) is 2.11. The lowest BCUT2D eigenvalue weighted by Crippen LogP contribution is -2.35. The Kier molecular flexibility index (Phi) is 7.23. The molecular weight excluding hydrogens is 166 g/mol. The lowest BCUT2D eigenvalue weighted by molar-refractivity contribution is -0.0404. The second-order valence-electron chi connectivity index (χ2n) is 3.78. The third-order valence-corrected chi connectivity index (χ3v) is 1.85. The second-order valence-corrected chi connectivity index (χ2v) is 3.78. The number of ether oxygens (including phenoxy) is 2. The minimum Gasteiger partial charge on any atom is -0.379 e. The van der Waals surface area contributed by atoms with Gasteiger partial charge in [-0.25, -0.2) is 0 Å². The summed E-state index contributed by atoms with van der Waals surface area (Å²) >= 11 is 0. The van der Waals surface area contributed by atoms with Crippen molar-refractivity contribution in [1.82, 2.24) is 0 Å². The van der Waals surface area contributed by atoms with E-state index in [2.05, 4.69) is 6.92 Å². The third kappa shape index (κ3) is 8.22. The first-order valence-electron chi connectivity index (χ1n) is 5.04. The molecule has 0 unspecified atom stereocenters. The molecule has 0 aromatic carbocycles. The molecule has 0 bridgehead atoms. The quantitative estimate of drug-likeness (QED) is 0.589. The number of hydrogen-bond donors (Lipinski definition) is 1. The van der Waals surface area contributed by atoms with Crippen molar-refractivity contribution in [1.29, 1.82) is 0 Å². The maximum Gasteiger partial charge on any atom is 0.0749 e. The molecule has 0 aliphatic carbocycles. The Bertz CT molecular complexity index is 115. The lowest BCUT2D eigenvalue weighted by atomic mass is 10.1. The molecule has 2 N–H and O–H groups in total. The first-order chi connectivity index (χ1) is 6.12. The number of rotatable bonds is 8. The Morgan fingerprint density at radius 3 is 2.38 bits per heavy atom. The third-order valence-electron chi connectivity index (χ3n) is 1.85. The minimum absolute atomic E-state index is 0.214. The van der Waals surface area contributed by atoms with Gasteiger partial charge in [0, 0.05) is 13.2 Å². The van der Waals surface area contributed by atoms with Gasteiger partial charge in [0.25, 0.3) is 0 Å². The molecule has 0 saturated heterocycles. The summed E-state index contributed by atoms with van der Waals surface area (Å²) in [5, 5.41) is 0. The van der Waals surface area contributed by atoms with Gasteiger partial charge in [0.1, 0.15) is 0 Å². The fraction of sp³-hybridized carbons (Fsp3) is 1.00. The first kappa shape index (κ1) is 12.9. The molecule has 80 valence electrons. The van der Waals surface area contributed by atoms with Crippen LogP contribution >= 0.6 is 0 Å². The molecule has 0 aromatic heterocycles. The molecule has 0 rings (SSSR count). The Morgan fingerprint density at radius 1 is 1.15 bits per heavy atom. The Labute approximate surface area is 81.6 Å². The highest BCUT2D eigenvalue weighted by Gasteiger charge is 2.14. The van der Waals surface area contributed by atoms with E-state index in [0.717, 1.165) is 13.0 Å². The van der Waals surface area contributed by atoms with Crippen molar-refractivity contribution < 1.29 is 9.47 Å². The van der Waals surface area contributed by atoms with Crippen LogP contribution in [0.4, 0.5) is 0 Å². The molecule has 0 aliphatic heterocycles. The summed E-state index contributed by atoms with van der Waals surface area (Å²) in [6.07, 6.45) is 2.30. The zero-order valence-corrected chi connectivity index (χ0v) is 9.14. The van der Waals surface area contributed by atoms with Gasteiger partial charge in [-0.3, -0.25) is 0 Å². The number of nitrogens with two attached hydrogens (primary N) is 1. The van der Waals surface area contributed by atoms with Crippen LogP contribution in [0.2, 0.25) is 0 Å². The van der Waals surface area contributed by atoms with Crippen LogP contribution < -0.4 is 5.73 Å². The van der Waals surface area contributed by atoms with E-state index in [1.807, 2.05) is 13.8 Å². The molecule has 0 fully saturated rings. The van der Waals surface area contributed by atoms with Gasteiger partial charge in [-0.05, 0) is 20.3 Å². The van der Waals surface area contributed by atoms with Crippen molar-refractivity contribution in [2.24, 2.45) is 5.73 Å². The lowest BCUT2D eigenvalue weighted by Gasteiger charge is -2.22. The highest BCUT2D eigenvalue weighted by Crippen LogP contribution is 2.05. The van der Waals surface area contributed by atoms with Crippen molar-refractivity contribution >= 4 is 0 Å². The number of unbranched alkanes of at least 4 members (excludes halogenated alkanes) is 1. The van der Waals surface area contributed by atoms with E-state index in [9.17, 15) is 0 Å². The van der Waals surface area contributed by atoms with Gasteiger partial charge in [-0.2, -0.15) is 0 Å². The van der Waals surface area contributed by atoms with E-state index in [1.165, 1.54) is 6.42 Å². The molecule has 0 aliphatic rings. The smallest absolute Gasteiger partial charge is 0.0749 e. The Balaban J connectivity index is 3.16. The van der Waals surface area contributed by atoms with Gasteiger partial charge in [0.15, 0.2) is 0 Å². The van der Waals surface area contributed by atoms with E-state index < -0.39 is 0 Å². The van der Waals surface area contributed by atoms with E-state index in [1.54, 1.807) is 0 Å². The van der Waals surface area contributed by atoms with Crippen molar-refractivity contribution in [2.75, 3.05) is 26.4 Å². The maximum absolute atomic E-state index is 5.51. The normalized spacial score (nSPS) is 12.0. The molecule has 0 radical (unpaired) electrons. The van der Waals surface area contributed by atoms with E-state index >= 15 is 0 Å². The molecule has 0 saturated carbocycles. The van der Waals surface area contributed by atoms with Crippen LogP contribution in [0.5, 0.6) is 0 Å². The van der Waals surface area contributed by atoms with E-state index in [4.69, 9.17) is 15.2 Å². The van der Waals surface area contributed by atoms with Crippen LogP contribution in [0, 0.1) is 0 Å². The van der Waals surface area contributed by atoms with Gasteiger partial charge >= 0.3 is 0 Å². The highest BCUT2D eigenvalue weighted by molar-refractivity contribution is 4.68. The van der Waals surface area contributed by atoms with Crippen LogP contribution in [-0.2, 0) is 9.47 Å². The summed E-state index contributed by atoms with van der Waals surface area (Å²) in [6.45, 7) is 8.80. The largest absolute Gasteiger partial charge is 0.379 e. The predicted octanol–water partition coefficient (Wildman–Crippen LogP) is 1.56. The standard InChI is InChI=1S/C10H23NO2/c1-4-5-6-12-7-8-13-10(2,3)9-11/h4-9,11H2,1-3H3. The van der Waals surface area contributed by atoms with E-state index in [0.29, 0.717) is 19.8 Å². The Morgan fingerprint density at radius 2 is 1.85 bits per heavy atom. The van der Waals surface area contributed by atoms with Crippen LogP contribution in [0.3, 0.4) is 0 Å². The highest BCUT2D eigenvalue weighted by atomic mass is 16.5. The maximum atomic E-state index is 5.51. The molecular formula is C10H23NO2. The molecule has 0 heterocycles. The van der Waals surface area contributed by atoms with Gasteiger partial charge < -0.3 is 15.2 Å². The topological polar surface area (TPSA) is 44.5 Å². The summed E-state index contributed by atoms with van der Waals surface area (Å²) in [7, 11) is 0. The van der Waals surface area contributed by atoms with E-state index in [-0.39, 0.29) is 5.60 Å². The summed E-state index contributed by atoms with van der Waals surface area (Å²) < 4.78 is 10.9. The minimum atomic E-state index is -0.214. The second kappa shape index (κ2) is 7.30. The number of hydrogen-bond acceptors (Lipinski definition) is 3. The van der Waals surface area contributed by atoms with Crippen LogP contribution in [0.15, 0.2) is 0 Å². The van der Waals surface area contributed by atoms with Gasteiger partial charge in [-0.15, -0.1) is 0 Å². The molecule has 0 amide bonds. The Hall–Kier alpha value is -0.120. The van der Waals surface area contributed by atoms with Crippen molar-refractivity contribution in [3.63, 3.8) is 0 Å². The van der Waals surface area contributed by atoms with Gasteiger partial charge in [0.05, 0.1) is 18.8 Å². The molecule has 0 atom stereocenters. The fourth-order valence-electron chi connectivity index (χ4n) is 0.784. The molecule has 3 heteroatoms. The molecule has 0 spiro atoms. The van der Waals surface area contributed by atoms with Crippen LogP contribution in [0.25, 0.3) is 0 Å². The first-order valence-corrected chi connectivity index (χ1v) is 5.04. The van der Waals surface area contributed by atoms with Crippen molar-refractivity contribution in [3.8, 4) is 0 Å².